The second kappa shape index (κ2) is 6.32. The van der Waals surface area contributed by atoms with E-state index in [1.807, 2.05) is 12.4 Å². The quantitative estimate of drug-likeness (QED) is 0.776. The Morgan fingerprint density at radius 3 is 2.55 bits per heavy atom. The van der Waals surface area contributed by atoms with Gasteiger partial charge in [-0.25, -0.2) is 0 Å². The molecular formula is C19H23N3. The lowest BCUT2D eigenvalue weighted by atomic mass is 10.0. The van der Waals surface area contributed by atoms with Gasteiger partial charge in [-0.2, -0.15) is 0 Å². The van der Waals surface area contributed by atoms with E-state index in [2.05, 4.69) is 59.9 Å². The number of fused-ring (bicyclic) bond motifs is 1. The van der Waals surface area contributed by atoms with Crippen LogP contribution in [-0.4, -0.2) is 16.1 Å². The lowest BCUT2D eigenvalue weighted by molar-refractivity contribution is 0.534. The molecule has 0 aliphatic rings. The third-order valence-electron chi connectivity index (χ3n) is 3.95. The number of hydrogen-bond donors (Lipinski definition) is 1. The first kappa shape index (κ1) is 14.8. The van der Waals surface area contributed by atoms with Crippen molar-refractivity contribution in [3.05, 3.63) is 54.5 Å². The molecule has 0 spiro atoms. The van der Waals surface area contributed by atoms with Crippen molar-refractivity contribution in [1.29, 1.82) is 0 Å². The third-order valence-corrected chi connectivity index (χ3v) is 3.95. The van der Waals surface area contributed by atoms with E-state index in [1.165, 1.54) is 27.6 Å². The van der Waals surface area contributed by atoms with Crippen LogP contribution in [0, 0.1) is 5.92 Å². The zero-order valence-electron chi connectivity index (χ0n) is 13.3. The van der Waals surface area contributed by atoms with Gasteiger partial charge in [0.2, 0.25) is 0 Å². The highest BCUT2D eigenvalue weighted by molar-refractivity contribution is 5.88. The van der Waals surface area contributed by atoms with Crippen LogP contribution in [0.4, 0.5) is 0 Å². The largest absolute Gasteiger partial charge is 0.347 e. The molecule has 0 bridgehead atoms. The summed E-state index contributed by atoms with van der Waals surface area (Å²) in [6.07, 6.45) is 6.88. The first-order valence-corrected chi connectivity index (χ1v) is 7.91. The molecule has 22 heavy (non-hydrogen) atoms. The van der Waals surface area contributed by atoms with Crippen molar-refractivity contribution in [2.45, 2.75) is 26.8 Å². The Bertz CT molecular complexity index is 757. The number of nitrogens with zero attached hydrogens (tertiary/aromatic N) is 2. The molecule has 1 aromatic carbocycles. The lowest BCUT2D eigenvalue weighted by Gasteiger charge is -2.09. The van der Waals surface area contributed by atoms with E-state index in [0.29, 0.717) is 12.5 Å². The average Bonchev–Trinajstić information content (AvgIpc) is 2.85. The Kier molecular flexibility index (Phi) is 4.25. The predicted molar refractivity (Wildman–Crippen MR) is 92.8 cm³/mol. The van der Waals surface area contributed by atoms with Gasteiger partial charge in [0.25, 0.3) is 0 Å². The molecule has 0 aliphatic carbocycles. The van der Waals surface area contributed by atoms with Crippen LogP contribution in [0.1, 0.15) is 19.4 Å². The average molecular weight is 293 g/mol. The Morgan fingerprint density at radius 1 is 1.09 bits per heavy atom. The van der Waals surface area contributed by atoms with Crippen molar-refractivity contribution in [2.75, 3.05) is 6.54 Å². The molecule has 2 aromatic heterocycles. The SMILES string of the molecule is CC(C)Cn1cc(CCN)c2ccc(-c3ccncc3)cc21. The number of nitrogens with two attached hydrogens (primary N) is 1. The fourth-order valence-corrected chi connectivity index (χ4v) is 2.99. The zero-order chi connectivity index (χ0) is 15.5. The van der Waals surface area contributed by atoms with Gasteiger partial charge in [-0.15, -0.1) is 0 Å². The monoisotopic (exact) mass is 293 g/mol. The van der Waals surface area contributed by atoms with Gasteiger partial charge in [0, 0.05) is 36.0 Å². The second-order valence-electron chi connectivity index (χ2n) is 6.21. The van der Waals surface area contributed by atoms with Crippen molar-refractivity contribution in [3.63, 3.8) is 0 Å². The second-order valence-corrected chi connectivity index (χ2v) is 6.21. The summed E-state index contributed by atoms with van der Waals surface area (Å²) in [5, 5.41) is 1.32. The molecule has 0 unspecified atom stereocenters. The number of aromatic nitrogens is 2. The van der Waals surface area contributed by atoms with E-state index in [-0.39, 0.29) is 0 Å². The number of benzene rings is 1. The van der Waals surface area contributed by atoms with E-state index in [0.717, 1.165) is 13.0 Å². The Labute approximate surface area is 131 Å². The van der Waals surface area contributed by atoms with E-state index < -0.39 is 0 Å². The van der Waals surface area contributed by atoms with Crippen LogP contribution in [0.15, 0.2) is 48.9 Å². The van der Waals surface area contributed by atoms with E-state index in [1.54, 1.807) is 0 Å². The van der Waals surface area contributed by atoms with Crippen LogP contribution in [0.25, 0.3) is 22.0 Å². The smallest absolute Gasteiger partial charge is 0.0489 e. The lowest BCUT2D eigenvalue weighted by Crippen LogP contribution is -2.04. The van der Waals surface area contributed by atoms with Crippen molar-refractivity contribution in [3.8, 4) is 11.1 Å². The molecule has 0 atom stereocenters. The molecule has 3 aromatic rings. The normalized spacial score (nSPS) is 11.5. The Balaban J connectivity index is 2.12. The zero-order valence-corrected chi connectivity index (χ0v) is 13.3. The highest BCUT2D eigenvalue weighted by Crippen LogP contribution is 2.28. The third kappa shape index (κ3) is 2.90. The first-order chi connectivity index (χ1) is 10.7. The molecule has 3 nitrogen and oxygen atoms in total. The van der Waals surface area contributed by atoms with Crippen LogP contribution in [0.3, 0.4) is 0 Å². The summed E-state index contributed by atoms with van der Waals surface area (Å²) in [6, 6.07) is 10.8. The summed E-state index contributed by atoms with van der Waals surface area (Å²) in [4.78, 5) is 4.10. The molecule has 3 rings (SSSR count). The number of rotatable bonds is 5. The van der Waals surface area contributed by atoms with Gasteiger partial charge in [-0.1, -0.05) is 26.0 Å². The molecule has 0 amide bonds. The first-order valence-electron chi connectivity index (χ1n) is 7.91. The molecule has 0 aliphatic heterocycles. The minimum Gasteiger partial charge on any atom is -0.347 e. The highest BCUT2D eigenvalue weighted by atomic mass is 15.0. The number of hydrogen-bond acceptors (Lipinski definition) is 2. The topological polar surface area (TPSA) is 43.8 Å². The predicted octanol–water partition coefficient (Wildman–Crippen LogP) is 3.86. The maximum absolute atomic E-state index is 5.77. The van der Waals surface area contributed by atoms with Crippen molar-refractivity contribution in [2.24, 2.45) is 11.7 Å². The van der Waals surface area contributed by atoms with Crippen LogP contribution in [0.2, 0.25) is 0 Å². The van der Waals surface area contributed by atoms with Gasteiger partial charge in [0.1, 0.15) is 0 Å². The van der Waals surface area contributed by atoms with Gasteiger partial charge in [-0.3, -0.25) is 4.98 Å². The molecule has 0 fully saturated rings. The van der Waals surface area contributed by atoms with Crippen LogP contribution < -0.4 is 5.73 Å². The summed E-state index contributed by atoms with van der Waals surface area (Å²) in [6.45, 7) is 6.22. The molecule has 2 heterocycles. The molecule has 0 saturated heterocycles. The Hall–Kier alpha value is -2.13. The van der Waals surface area contributed by atoms with Gasteiger partial charge in [0.05, 0.1) is 0 Å². The summed E-state index contributed by atoms with van der Waals surface area (Å²) in [7, 11) is 0. The molecular weight excluding hydrogens is 270 g/mol. The molecule has 0 saturated carbocycles. The van der Waals surface area contributed by atoms with Gasteiger partial charge < -0.3 is 10.3 Å². The Morgan fingerprint density at radius 2 is 1.86 bits per heavy atom. The highest BCUT2D eigenvalue weighted by Gasteiger charge is 2.10. The molecule has 114 valence electrons. The van der Waals surface area contributed by atoms with Crippen LogP contribution in [0.5, 0.6) is 0 Å². The molecule has 3 heteroatoms. The summed E-state index contributed by atoms with van der Waals surface area (Å²) < 4.78 is 2.37. The van der Waals surface area contributed by atoms with Crippen molar-refractivity contribution >= 4 is 10.9 Å². The summed E-state index contributed by atoms with van der Waals surface area (Å²) in [5.74, 6) is 0.617. The maximum atomic E-state index is 5.77. The van der Waals surface area contributed by atoms with Crippen molar-refractivity contribution < 1.29 is 0 Å². The molecule has 2 N–H and O–H groups in total. The fourth-order valence-electron chi connectivity index (χ4n) is 2.99. The maximum Gasteiger partial charge on any atom is 0.0489 e. The van der Waals surface area contributed by atoms with Gasteiger partial charge in [-0.05, 0) is 53.8 Å². The number of pyridine rings is 1. The summed E-state index contributed by atoms with van der Waals surface area (Å²) in [5.41, 5.74) is 10.8. The van der Waals surface area contributed by atoms with Crippen molar-refractivity contribution in [1.82, 2.24) is 9.55 Å². The summed E-state index contributed by atoms with van der Waals surface area (Å²) >= 11 is 0. The minimum atomic E-state index is 0.617. The van der Waals surface area contributed by atoms with Gasteiger partial charge in [0.15, 0.2) is 0 Å². The minimum absolute atomic E-state index is 0.617. The van der Waals surface area contributed by atoms with E-state index >= 15 is 0 Å². The van der Waals surface area contributed by atoms with Crippen LogP contribution in [-0.2, 0) is 13.0 Å². The van der Waals surface area contributed by atoms with E-state index in [4.69, 9.17) is 5.73 Å². The van der Waals surface area contributed by atoms with Gasteiger partial charge >= 0.3 is 0 Å². The molecule has 0 radical (unpaired) electrons. The van der Waals surface area contributed by atoms with E-state index in [9.17, 15) is 0 Å². The standard InChI is InChI=1S/C19H23N3/c1-14(2)12-22-13-17(5-8-20)18-4-3-16(11-19(18)22)15-6-9-21-10-7-15/h3-4,6-7,9-11,13-14H,5,8,12,20H2,1-2H3. The van der Waals surface area contributed by atoms with Crippen LogP contribution >= 0.6 is 0 Å². The fraction of sp³-hybridized carbons (Fsp3) is 0.316.